The van der Waals surface area contributed by atoms with E-state index in [0.717, 1.165) is 17.7 Å². The Labute approximate surface area is 200 Å². The van der Waals surface area contributed by atoms with Gasteiger partial charge in [0.1, 0.15) is 11.5 Å². The van der Waals surface area contributed by atoms with Crippen LogP contribution in [0.4, 0.5) is 18.9 Å². The molecule has 35 heavy (non-hydrogen) atoms. The molecule has 3 rings (SSSR count). The van der Waals surface area contributed by atoms with E-state index < -0.39 is 21.8 Å². The molecule has 11 heteroatoms. The van der Waals surface area contributed by atoms with Crippen molar-refractivity contribution in [1.29, 1.82) is 0 Å². The van der Waals surface area contributed by atoms with Crippen molar-refractivity contribution in [2.45, 2.75) is 24.0 Å². The van der Waals surface area contributed by atoms with Crippen molar-refractivity contribution in [3.8, 4) is 11.5 Å². The first kappa shape index (κ1) is 25.9. The monoisotopic (exact) mass is 508 g/mol. The standard InChI is InChI=1S/C24H23F3N2O5S/c1-16(17-6-8-20(33-2)9-7-17)28-23(30)15-34-21-10-12-22(13-11-21)35(31,32)29-19-5-3-4-18(14-19)24(25,26)27/h3-14,16,29H,15H2,1-2H3,(H,28,30)/t16-/m0/s1. The Morgan fingerprint density at radius 2 is 1.60 bits per heavy atom. The minimum atomic E-state index is -4.60. The highest BCUT2D eigenvalue weighted by Crippen LogP contribution is 2.31. The molecule has 7 nitrogen and oxygen atoms in total. The molecular weight excluding hydrogens is 485 g/mol. The number of ether oxygens (including phenoxy) is 2. The van der Waals surface area contributed by atoms with Crippen molar-refractivity contribution in [3.63, 3.8) is 0 Å². The Morgan fingerprint density at radius 3 is 2.20 bits per heavy atom. The second-order valence-corrected chi connectivity index (χ2v) is 9.19. The minimum absolute atomic E-state index is 0.181. The Kier molecular flexibility index (Phi) is 7.90. The Balaban J connectivity index is 1.56. The first-order chi connectivity index (χ1) is 16.5. The lowest BCUT2D eigenvalue weighted by atomic mass is 10.1. The molecule has 0 fully saturated rings. The van der Waals surface area contributed by atoms with Gasteiger partial charge >= 0.3 is 6.18 Å². The van der Waals surface area contributed by atoms with E-state index in [-0.39, 0.29) is 34.9 Å². The number of sulfonamides is 1. The maximum atomic E-state index is 12.9. The van der Waals surface area contributed by atoms with Gasteiger partial charge in [0.25, 0.3) is 15.9 Å². The number of anilines is 1. The van der Waals surface area contributed by atoms with Crippen LogP contribution in [0.15, 0.2) is 77.7 Å². The summed E-state index contributed by atoms with van der Waals surface area (Å²) in [6.07, 6.45) is -4.60. The maximum absolute atomic E-state index is 12.9. The molecular formula is C24H23F3N2O5S. The molecule has 0 radical (unpaired) electrons. The van der Waals surface area contributed by atoms with Gasteiger partial charge in [-0.15, -0.1) is 0 Å². The van der Waals surface area contributed by atoms with Gasteiger partial charge < -0.3 is 14.8 Å². The lowest BCUT2D eigenvalue weighted by molar-refractivity contribution is -0.137. The number of alkyl halides is 3. The molecule has 0 heterocycles. The topological polar surface area (TPSA) is 93.7 Å². The number of methoxy groups -OCH3 is 1. The van der Waals surface area contributed by atoms with Crippen LogP contribution in [0.25, 0.3) is 0 Å². The second kappa shape index (κ2) is 10.7. The van der Waals surface area contributed by atoms with Crippen LogP contribution >= 0.6 is 0 Å². The number of carbonyl (C=O) groups excluding carboxylic acids is 1. The molecule has 0 aliphatic heterocycles. The summed E-state index contributed by atoms with van der Waals surface area (Å²) in [5.74, 6) is 0.567. The molecule has 1 atom stereocenters. The Hall–Kier alpha value is -3.73. The van der Waals surface area contributed by atoms with Gasteiger partial charge in [-0.1, -0.05) is 18.2 Å². The van der Waals surface area contributed by atoms with E-state index in [4.69, 9.17) is 9.47 Å². The molecule has 0 spiro atoms. The predicted molar refractivity (Wildman–Crippen MR) is 124 cm³/mol. The quantitative estimate of drug-likeness (QED) is 0.434. The molecule has 0 bridgehead atoms. The van der Waals surface area contributed by atoms with E-state index in [1.54, 1.807) is 19.2 Å². The van der Waals surface area contributed by atoms with Gasteiger partial charge in [-0.05, 0) is 67.1 Å². The number of carbonyl (C=O) groups is 1. The lowest BCUT2D eigenvalue weighted by Crippen LogP contribution is -2.31. The zero-order valence-corrected chi connectivity index (χ0v) is 19.6. The molecule has 0 saturated carbocycles. The highest BCUT2D eigenvalue weighted by atomic mass is 32.2. The number of nitrogens with one attached hydrogen (secondary N) is 2. The number of halogens is 3. The van der Waals surface area contributed by atoms with Gasteiger partial charge in [0, 0.05) is 5.69 Å². The molecule has 2 N–H and O–H groups in total. The summed E-state index contributed by atoms with van der Waals surface area (Å²) in [5, 5.41) is 2.79. The Morgan fingerprint density at radius 1 is 0.971 bits per heavy atom. The summed E-state index contributed by atoms with van der Waals surface area (Å²) in [4.78, 5) is 12.0. The largest absolute Gasteiger partial charge is 0.497 e. The molecule has 0 unspecified atom stereocenters. The summed E-state index contributed by atoms with van der Waals surface area (Å²) in [5.41, 5.74) is -0.314. The van der Waals surface area contributed by atoms with Crippen LogP contribution in [0, 0.1) is 0 Å². The fourth-order valence-corrected chi connectivity index (χ4v) is 4.15. The van der Waals surface area contributed by atoms with E-state index in [0.29, 0.717) is 11.8 Å². The molecule has 0 aromatic heterocycles. The third-order valence-electron chi connectivity index (χ3n) is 4.94. The molecule has 3 aromatic carbocycles. The third kappa shape index (κ3) is 7.12. The number of rotatable bonds is 9. The SMILES string of the molecule is COc1ccc([C@H](C)NC(=O)COc2ccc(S(=O)(=O)Nc3cccc(C(F)(F)F)c3)cc2)cc1. The van der Waals surface area contributed by atoms with Crippen LogP contribution in [0.5, 0.6) is 11.5 Å². The average molecular weight is 509 g/mol. The highest BCUT2D eigenvalue weighted by molar-refractivity contribution is 7.92. The van der Waals surface area contributed by atoms with Gasteiger partial charge in [-0.2, -0.15) is 13.2 Å². The first-order valence-electron chi connectivity index (χ1n) is 10.3. The van der Waals surface area contributed by atoms with Gasteiger partial charge in [-0.25, -0.2) is 8.42 Å². The fraction of sp³-hybridized carbons (Fsp3) is 0.208. The minimum Gasteiger partial charge on any atom is -0.497 e. The zero-order valence-electron chi connectivity index (χ0n) is 18.8. The summed E-state index contributed by atoms with van der Waals surface area (Å²) >= 11 is 0. The summed E-state index contributed by atoms with van der Waals surface area (Å²) in [6, 6.07) is 16.0. The van der Waals surface area contributed by atoms with Crippen LogP contribution in [-0.2, 0) is 21.0 Å². The third-order valence-corrected chi connectivity index (χ3v) is 6.34. The van der Waals surface area contributed by atoms with Gasteiger partial charge in [0.15, 0.2) is 6.61 Å². The molecule has 0 aliphatic carbocycles. The molecule has 1 amide bonds. The van der Waals surface area contributed by atoms with Crippen molar-refractivity contribution in [1.82, 2.24) is 5.32 Å². The van der Waals surface area contributed by atoms with Crippen molar-refractivity contribution in [2.24, 2.45) is 0 Å². The first-order valence-corrected chi connectivity index (χ1v) is 11.8. The van der Waals surface area contributed by atoms with E-state index in [2.05, 4.69) is 10.0 Å². The van der Waals surface area contributed by atoms with Crippen LogP contribution in [0.3, 0.4) is 0 Å². The summed E-state index contributed by atoms with van der Waals surface area (Å²) in [7, 11) is -2.57. The Bertz CT molecular complexity index is 1260. The van der Waals surface area contributed by atoms with Gasteiger partial charge in [-0.3, -0.25) is 9.52 Å². The normalized spacial score (nSPS) is 12.5. The number of amides is 1. The van der Waals surface area contributed by atoms with Crippen molar-refractivity contribution in [2.75, 3.05) is 18.4 Å². The fourth-order valence-electron chi connectivity index (χ4n) is 3.10. The number of hydrogen-bond acceptors (Lipinski definition) is 5. The molecule has 0 aliphatic rings. The van der Waals surface area contributed by atoms with Gasteiger partial charge in [0.2, 0.25) is 0 Å². The highest BCUT2D eigenvalue weighted by Gasteiger charge is 2.30. The van der Waals surface area contributed by atoms with Crippen molar-refractivity contribution in [3.05, 3.63) is 83.9 Å². The lowest BCUT2D eigenvalue weighted by Gasteiger charge is -2.15. The average Bonchev–Trinajstić information content (AvgIpc) is 2.82. The van der Waals surface area contributed by atoms with Crippen molar-refractivity contribution < 1.29 is 35.9 Å². The van der Waals surface area contributed by atoms with E-state index >= 15 is 0 Å². The van der Waals surface area contributed by atoms with Crippen LogP contribution in [0.1, 0.15) is 24.1 Å². The summed E-state index contributed by atoms with van der Waals surface area (Å²) < 4.78 is 76.3. The number of hydrogen-bond donors (Lipinski definition) is 2. The zero-order chi connectivity index (χ0) is 25.6. The second-order valence-electron chi connectivity index (χ2n) is 7.51. The van der Waals surface area contributed by atoms with E-state index in [1.807, 2.05) is 19.1 Å². The smallest absolute Gasteiger partial charge is 0.416 e. The maximum Gasteiger partial charge on any atom is 0.416 e. The van der Waals surface area contributed by atoms with Gasteiger partial charge in [0.05, 0.1) is 23.6 Å². The van der Waals surface area contributed by atoms with Crippen LogP contribution in [0.2, 0.25) is 0 Å². The summed E-state index contributed by atoms with van der Waals surface area (Å²) in [6.45, 7) is 1.52. The van der Waals surface area contributed by atoms with E-state index in [9.17, 15) is 26.4 Å². The van der Waals surface area contributed by atoms with E-state index in [1.165, 1.54) is 30.3 Å². The number of benzene rings is 3. The predicted octanol–water partition coefficient (Wildman–Crippen LogP) is 4.77. The van der Waals surface area contributed by atoms with Crippen molar-refractivity contribution >= 4 is 21.6 Å². The molecule has 3 aromatic rings. The molecule has 186 valence electrons. The van der Waals surface area contributed by atoms with Crippen LogP contribution in [-0.4, -0.2) is 28.0 Å². The van der Waals surface area contributed by atoms with Crippen LogP contribution < -0.4 is 19.5 Å². The molecule has 0 saturated heterocycles.